The minimum absolute atomic E-state index is 0.0232. The number of benzene rings is 1. The van der Waals surface area contributed by atoms with Crippen LogP contribution in [-0.4, -0.2) is 12.5 Å². The molecule has 2 rings (SSSR count). The summed E-state index contributed by atoms with van der Waals surface area (Å²) in [7, 11) is 0. The van der Waals surface area contributed by atoms with Crippen LogP contribution in [-0.2, 0) is 4.79 Å². The van der Waals surface area contributed by atoms with Crippen LogP contribution in [0.15, 0.2) is 18.2 Å². The third kappa shape index (κ3) is 1.47. The van der Waals surface area contributed by atoms with Gasteiger partial charge >= 0.3 is 0 Å². The number of rotatable bonds is 0. The van der Waals surface area contributed by atoms with E-state index in [0.29, 0.717) is 16.9 Å². The van der Waals surface area contributed by atoms with Gasteiger partial charge in [0, 0.05) is 0 Å². The average Bonchev–Trinajstić information content (AvgIpc) is 2.26. The second-order valence-electron chi connectivity index (χ2n) is 3.08. The van der Waals surface area contributed by atoms with Crippen molar-refractivity contribution in [3.8, 4) is 12.3 Å². The first-order valence-electron chi connectivity index (χ1n) is 4.26. The van der Waals surface area contributed by atoms with Gasteiger partial charge in [-0.3, -0.25) is 9.69 Å². The normalized spacial score (nSPS) is 13.5. The average molecular weight is 198 g/mol. The molecule has 0 atom stereocenters. The first kappa shape index (κ1) is 9.04. The number of nitriles is 2. The molecule has 1 aromatic carbocycles. The zero-order valence-electron chi connectivity index (χ0n) is 7.69. The van der Waals surface area contributed by atoms with Crippen molar-refractivity contribution in [2.24, 2.45) is 0 Å². The van der Waals surface area contributed by atoms with E-state index in [0.717, 1.165) is 0 Å². The summed E-state index contributed by atoms with van der Waals surface area (Å²) in [5, 5.41) is 20.1. The Bertz CT molecular complexity index is 509. The van der Waals surface area contributed by atoms with Crippen molar-refractivity contribution < 1.29 is 4.79 Å². The summed E-state index contributed by atoms with van der Waals surface area (Å²) in [5.41, 5.74) is 1.58. The van der Waals surface area contributed by atoms with Crippen LogP contribution in [0.4, 0.5) is 11.4 Å². The monoisotopic (exact) mass is 198 g/mol. The van der Waals surface area contributed by atoms with Crippen LogP contribution in [0.1, 0.15) is 5.56 Å². The Morgan fingerprint density at radius 3 is 2.87 bits per heavy atom. The van der Waals surface area contributed by atoms with Crippen molar-refractivity contribution >= 4 is 17.3 Å². The minimum atomic E-state index is -0.251. The van der Waals surface area contributed by atoms with Gasteiger partial charge < -0.3 is 5.32 Å². The molecule has 1 amide bonds. The predicted molar refractivity (Wildman–Crippen MR) is 52.7 cm³/mol. The van der Waals surface area contributed by atoms with Crippen LogP contribution in [0.3, 0.4) is 0 Å². The first-order chi connectivity index (χ1) is 7.24. The Hall–Kier alpha value is -2.53. The topological polar surface area (TPSA) is 79.9 Å². The van der Waals surface area contributed by atoms with E-state index >= 15 is 0 Å². The van der Waals surface area contributed by atoms with Crippen LogP contribution in [0.5, 0.6) is 0 Å². The molecule has 0 aromatic heterocycles. The highest BCUT2D eigenvalue weighted by Crippen LogP contribution is 2.29. The molecule has 0 bridgehead atoms. The number of amides is 1. The third-order valence-electron chi connectivity index (χ3n) is 2.11. The Labute approximate surface area is 86.1 Å². The van der Waals surface area contributed by atoms with Gasteiger partial charge in [-0.05, 0) is 18.2 Å². The van der Waals surface area contributed by atoms with E-state index in [1.807, 2.05) is 12.3 Å². The van der Waals surface area contributed by atoms with Crippen molar-refractivity contribution in [1.29, 1.82) is 10.5 Å². The quantitative estimate of drug-likeness (QED) is 0.625. The summed E-state index contributed by atoms with van der Waals surface area (Å²) < 4.78 is 0. The number of hydrogen-bond acceptors (Lipinski definition) is 4. The molecule has 0 saturated heterocycles. The molecule has 5 heteroatoms. The molecule has 1 aliphatic rings. The Morgan fingerprint density at radius 1 is 1.40 bits per heavy atom. The zero-order valence-corrected chi connectivity index (χ0v) is 7.69. The fraction of sp³-hybridized carbons (Fsp3) is 0.100. The molecule has 1 heterocycles. The van der Waals surface area contributed by atoms with Crippen LogP contribution >= 0.6 is 0 Å². The summed E-state index contributed by atoms with van der Waals surface area (Å²) in [5.74, 6) is -0.251. The molecule has 72 valence electrons. The lowest BCUT2D eigenvalue weighted by atomic mass is 10.1. The second-order valence-corrected chi connectivity index (χ2v) is 3.08. The van der Waals surface area contributed by atoms with Crippen LogP contribution in [0.25, 0.3) is 0 Å². The Balaban J connectivity index is 2.53. The first-order valence-corrected chi connectivity index (χ1v) is 4.26. The van der Waals surface area contributed by atoms with Gasteiger partial charge in [-0.1, -0.05) is 0 Å². The van der Waals surface area contributed by atoms with Gasteiger partial charge in [0.15, 0.2) is 6.19 Å². The van der Waals surface area contributed by atoms with Gasteiger partial charge in [-0.15, -0.1) is 0 Å². The van der Waals surface area contributed by atoms with Gasteiger partial charge in [0.1, 0.15) is 6.54 Å². The van der Waals surface area contributed by atoms with E-state index in [2.05, 4.69) is 5.32 Å². The molecule has 15 heavy (non-hydrogen) atoms. The maximum absolute atomic E-state index is 11.2. The smallest absolute Gasteiger partial charge is 0.245 e. The molecule has 1 N–H and O–H groups in total. The summed E-state index contributed by atoms with van der Waals surface area (Å²) in [4.78, 5) is 12.5. The highest BCUT2D eigenvalue weighted by Gasteiger charge is 2.21. The zero-order chi connectivity index (χ0) is 10.8. The van der Waals surface area contributed by atoms with Gasteiger partial charge in [0.05, 0.1) is 23.0 Å². The number of anilines is 2. The molecule has 0 unspecified atom stereocenters. The molecule has 1 aromatic rings. The Kier molecular flexibility index (Phi) is 2.00. The Morgan fingerprint density at radius 2 is 2.20 bits per heavy atom. The second kappa shape index (κ2) is 3.32. The van der Waals surface area contributed by atoms with Crippen molar-refractivity contribution in [1.82, 2.24) is 0 Å². The van der Waals surface area contributed by atoms with E-state index in [1.54, 1.807) is 18.2 Å². The van der Waals surface area contributed by atoms with Gasteiger partial charge in [0.25, 0.3) is 0 Å². The fourth-order valence-corrected chi connectivity index (χ4v) is 1.45. The standard InChI is InChI=1S/C10H6N4O/c11-4-7-1-2-9-8(3-7)13-10(15)5-14(9)6-12/h1-3H,5H2,(H,13,15). The maximum Gasteiger partial charge on any atom is 0.245 e. The lowest BCUT2D eigenvalue weighted by molar-refractivity contribution is -0.115. The number of nitrogens with one attached hydrogen (secondary N) is 1. The van der Waals surface area contributed by atoms with Crippen molar-refractivity contribution in [2.45, 2.75) is 0 Å². The van der Waals surface area contributed by atoms with Gasteiger partial charge in [-0.25, -0.2) is 0 Å². The summed E-state index contributed by atoms with van der Waals surface area (Å²) >= 11 is 0. The molecular weight excluding hydrogens is 192 g/mol. The third-order valence-corrected chi connectivity index (χ3v) is 2.11. The lowest BCUT2D eigenvalue weighted by Crippen LogP contribution is -2.34. The molecule has 0 fully saturated rings. The van der Waals surface area contributed by atoms with Crippen molar-refractivity contribution in [3.63, 3.8) is 0 Å². The maximum atomic E-state index is 11.2. The molecule has 0 aliphatic carbocycles. The highest BCUT2D eigenvalue weighted by molar-refractivity contribution is 6.02. The SMILES string of the molecule is N#Cc1ccc2c(c1)NC(=O)CN2C#N. The molecule has 0 spiro atoms. The van der Waals surface area contributed by atoms with Crippen LogP contribution in [0, 0.1) is 22.8 Å². The number of fused-ring (bicyclic) bond motifs is 1. The van der Waals surface area contributed by atoms with Gasteiger partial charge in [-0.2, -0.15) is 10.5 Å². The minimum Gasteiger partial charge on any atom is -0.323 e. The van der Waals surface area contributed by atoms with E-state index in [4.69, 9.17) is 10.5 Å². The van der Waals surface area contributed by atoms with Gasteiger partial charge in [0.2, 0.25) is 5.91 Å². The number of carbonyl (C=O) groups excluding carboxylic acids is 1. The van der Waals surface area contributed by atoms with Crippen LogP contribution in [0.2, 0.25) is 0 Å². The van der Waals surface area contributed by atoms with E-state index in [1.165, 1.54) is 4.90 Å². The van der Waals surface area contributed by atoms with Crippen molar-refractivity contribution in [3.05, 3.63) is 23.8 Å². The number of carbonyl (C=O) groups is 1. The molecule has 5 nitrogen and oxygen atoms in total. The number of nitrogens with zero attached hydrogens (tertiary/aromatic N) is 3. The molecule has 0 saturated carbocycles. The summed E-state index contributed by atoms with van der Waals surface area (Å²) in [6.07, 6.45) is 1.92. The van der Waals surface area contributed by atoms with Crippen molar-refractivity contribution in [2.75, 3.05) is 16.8 Å². The summed E-state index contributed by atoms with van der Waals surface area (Å²) in [6.45, 7) is 0.0232. The largest absolute Gasteiger partial charge is 0.323 e. The highest BCUT2D eigenvalue weighted by atomic mass is 16.2. The van der Waals surface area contributed by atoms with E-state index in [9.17, 15) is 4.79 Å². The van der Waals surface area contributed by atoms with Crippen LogP contribution < -0.4 is 10.2 Å². The van der Waals surface area contributed by atoms with E-state index in [-0.39, 0.29) is 12.5 Å². The number of hydrogen-bond donors (Lipinski definition) is 1. The lowest BCUT2D eigenvalue weighted by Gasteiger charge is -2.24. The molecule has 1 aliphatic heterocycles. The molecule has 0 radical (unpaired) electrons. The predicted octanol–water partition coefficient (Wildman–Crippen LogP) is 0.798. The summed E-state index contributed by atoms with van der Waals surface area (Å²) in [6, 6.07) is 6.79. The fourth-order valence-electron chi connectivity index (χ4n) is 1.45. The molecular formula is C10H6N4O. The van der Waals surface area contributed by atoms with E-state index < -0.39 is 0 Å².